The number of fused-ring (bicyclic) bond motifs is 1. The number of aryl methyl sites for hydroxylation is 1. The highest BCUT2D eigenvalue weighted by Crippen LogP contribution is 2.19. The molecule has 3 rings (SSSR count). The number of furan rings is 1. The third-order valence-corrected chi connectivity index (χ3v) is 3.20. The fraction of sp³-hybridized carbons (Fsp3) is 0.214. The smallest absolute Gasteiger partial charge is 0.125 e. The number of para-hydroxylation sites is 2. The first-order valence-corrected chi connectivity index (χ1v) is 6.37. The molecule has 3 aromatic rings. The molecule has 2 heterocycles. The van der Waals surface area contributed by atoms with Crippen LogP contribution in [0.1, 0.15) is 17.3 Å². The summed E-state index contributed by atoms with van der Waals surface area (Å²) in [5.41, 5.74) is 2.05. The number of rotatable bonds is 3. The number of hydrogen-bond acceptors (Lipinski definition) is 2. The fourth-order valence-corrected chi connectivity index (χ4v) is 2.33. The van der Waals surface area contributed by atoms with Crippen LogP contribution in [0.5, 0.6) is 0 Å². The molecule has 0 spiro atoms. The summed E-state index contributed by atoms with van der Waals surface area (Å²) in [6.07, 6.45) is 0. The lowest BCUT2D eigenvalue weighted by Gasteiger charge is -2.05. The molecule has 2 aromatic heterocycles. The minimum atomic E-state index is 0.397. The Labute approximate surface area is 110 Å². The minimum absolute atomic E-state index is 0.397. The van der Waals surface area contributed by atoms with E-state index in [0.29, 0.717) is 12.4 Å². The molecule has 0 aliphatic rings. The second-order valence-corrected chi connectivity index (χ2v) is 4.52. The predicted molar refractivity (Wildman–Crippen MR) is 71.8 cm³/mol. The number of aromatic nitrogens is 2. The van der Waals surface area contributed by atoms with Crippen LogP contribution in [0.4, 0.5) is 0 Å². The molecular weight excluding hydrogens is 248 g/mol. The summed E-state index contributed by atoms with van der Waals surface area (Å²) < 4.78 is 7.71. The summed E-state index contributed by atoms with van der Waals surface area (Å²) in [7, 11) is 0. The average Bonchev–Trinajstić information content (AvgIpc) is 2.94. The minimum Gasteiger partial charge on any atom is -0.464 e. The van der Waals surface area contributed by atoms with Crippen LogP contribution in [0.2, 0.25) is 0 Å². The molecule has 0 N–H and O–H groups in total. The van der Waals surface area contributed by atoms with Gasteiger partial charge in [-0.3, -0.25) is 0 Å². The van der Waals surface area contributed by atoms with Crippen LogP contribution in [0.25, 0.3) is 11.0 Å². The maximum absolute atomic E-state index is 5.96. The standard InChI is InChI=1S/C14H13ClN2O/c1-10-6-7-11(18-10)9-17-13-5-3-2-4-12(13)16-14(17)8-15/h2-7H,8-9H2,1H3. The van der Waals surface area contributed by atoms with Gasteiger partial charge in [-0.2, -0.15) is 0 Å². The summed E-state index contributed by atoms with van der Waals surface area (Å²) in [4.78, 5) is 4.52. The fourth-order valence-electron chi connectivity index (χ4n) is 2.13. The van der Waals surface area contributed by atoms with Gasteiger partial charge in [-0.15, -0.1) is 11.6 Å². The van der Waals surface area contributed by atoms with Crippen molar-refractivity contribution in [3.63, 3.8) is 0 Å². The molecule has 0 radical (unpaired) electrons. The van der Waals surface area contributed by atoms with Crippen LogP contribution in [-0.4, -0.2) is 9.55 Å². The van der Waals surface area contributed by atoms with E-state index in [1.807, 2.05) is 43.3 Å². The van der Waals surface area contributed by atoms with E-state index in [4.69, 9.17) is 16.0 Å². The van der Waals surface area contributed by atoms with Gasteiger partial charge in [-0.1, -0.05) is 12.1 Å². The molecule has 0 aliphatic heterocycles. The summed E-state index contributed by atoms with van der Waals surface area (Å²) in [6, 6.07) is 12.0. The SMILES string of the molecule is Cc1ccc(Cn2c(CCl)nc3ccccc32)o1. The number of alkyl halides is 1. The van der Waals surface area contributed by atoms with Crippen LogP contribution in [0, 0.1) is 6.92 Å². The zero-order chi connectivity index (χ0) is 12.5. The molecule has 0 bridgehead atoms. The van der Waals surface area contributed by atoms with Gasteiger partial charge in [-0.25, -0.2) is 4.98 Å². The van der Waals surface area contributed by atoms with Crippen LogP contribution in [-0.2, 0) is 12.4 Å². The highest BCUT2D eigenvalue weighted by Gasteiger charge is 2.11. The zero-order valence-electron chi connectivity index (χ0n) is 10.1. The quantitative estimate of drug-likeness (QED) is 0.672. The molecule has 1 aromatic carbocycles. The van der Waals surface area contributed by atoms with Gasteiger partial charge < -0.3 is 8.98 Å². The van der Waals surface area contributed by atoms with E-state index in [1.165, 1.54) is 0 Å². The molecule has 0 atom stereocenters. The van der Waals surface area contributed by atoms with Crippen molar-refractivity contribution in [3.8, 4) is 0 Å². The van der Waals surface area contributed by atoms with Gasteiger partial charge in [0.1, 0.15) is 17.3 Å². The van der Waals surface area contributed by atoms with Crippen molar-refractivity contribution in [1.29, 1.82) is 0 Å². The first kappa shape index (κ1) is 11.4. The Balaban J connectivity index is 2.09. The van der Waals surface area contributed by atoms with Gasteiger partial charge in [0.2, 0.25) is 0 Å². The van der Waals surface area contributed by atoms with E-state index in [0.717, 1.165) is 28.4 Å². The Morgan fingerprint density at radius 1 is 1.22 bits per heavy atom. The summed E-state index contributed by atoms with van der Waals surface area (Å²) in [5, 5.41) is 0. The van der Waals surface area contributed by atoms with Crippen molar-refractivity contribution in [2.45, 2.75) is 19.3 Å². The Bertz CT molecular complexity index is 684. The van der Waals surface area contributed by atoms with Gasteiger partial charge in [0.05, 0.1) is 23.5 Å². The average molecular weight is 261 g/mol. The Hall–Kier alpha value is -1.74. The van der Waals surface area contributed by atoms with Crippen molar-refractivity contribution in [1.82, 2.24) is 9.55 Å². The molecule has 0 unspecified atom stereocenters. The molecule has 0 aliphatic carbocycles. The largest absolute Gasteiger partial charge is 0.464 e. The molecule has 0 amide bonds. The van der Waals surface area contributed by atoms with Crippen molar-refractivity contribution >= 4 is 22.6 Å². The Kier molecular flexibility index (Phi) is 2.84. The van der Waals surface area contributed by atoms with Gasteiger partial charge in [0.15, 0.2) is 0 Å². The molecule has 3 nitrogen and oxygen atoms in total. The van der Waals surface area contributed by atoms with E-state index >= 15 is 0 Å². The molecule has 0 saturated carbocycles. The van der Waals surface area contributed by atoms with Crippen molar-refractivity contribution in [2.75, 3.05) is 0 Å². The molecule has 18 heavy (non-hydrogen) atoms. The third-order valence-electron chi connectivity index (χ3n) is 2.96. The number of nitrogens with zero attached hydrogens (tertiary/aromatic N) is 2. The molecule has 0 fully saturated rings. The van der Waals surface area contributed by atoms with E-state index in [2.05, 4.69) is 9.55 Å². The van der Waals surface area contributed by atoms with Gasteiger partial charge in [0.25, 0.3) is 0 Å². The first-order chi connectivity index (χ1) is 8.78. The van der Waals surface area contributed by atoms with Crippen molar-refractivity contribution in [3.05, 3.63) is 53.7 Å². The maximum atomic E-state index is 5.96. The topological polar surface area (TPSA) is 31.0 Å². The lowest BCUT2D eigenvalue weighted by atomic mass is 10.3. The van der Waals surface area contributed by atoms with E-state index < -0.39 is 0 Å². The van der Waals surface area contributed by atoms with E-state index in [9.17, 15) is 0 Å². The van der Waals surface area contributed by atoms with Crippen LogP contribution >= 0.6 is 11.6 Å². The highest BCUT2D eigenvalue weighted by molar-refractivity contribution is 6.16. The Morgan fingerprint density at radius 3 is 2.78 bits per heavy atom. The number of benzene rings is 1. The maximum Gasteiger partial charge on any atom is 0.125 e. The summed E-state index contributed by atoms with van der Waals surface area (Å²) >= 11 is 5.96. The van der Waals surface area contributed by atoms with Gasteiger partial charge >= 0.3 is 0 Å². The number of hydrogen-bond donors (Lipinski definition) is 0. The molecule has 0 saturated heterocycles. The van der Waals surface area contributed by atoms with Crippen LogP contribution in [0.3, 0.4) is 0 Å². The Morgan fingerprint density at radius 2 is 2.06 bits per heavy atom. The number of imidazole rings is 1. The normalized spacial score (nSPS) is 11.2. The third kappa shape index (κ3) is 1.91. The first-order valence-electron chi connectivity index (χ1n) is 5.83. The summed E-state index contributed by atoms with van der Waals surface area (Å²) in [5.74, 6) is 3.10. The highest BCUT2D eigenvalue weighted by atomic mass is 35.5. The van der Waals surface area contributed by atoms with Gasteiger partial charge in [0, 0.05) is 0 Å². The van der Waals surface area contributed by atoms with Crippen LogP contribution in [0.15, 0.2) is 40.8 Å². The van der Waals surface area contributed by atoms with Crippen molar-refractivity contribution in [2.24, 2.45) is 0 Å². The second kappa shape index (κ2) is 4.50. The van der Waals surface area contributed by atoms with Crippen LogP contribution < -0.4 is 0 Å². The zero-order valence-corrected chi connectivity index (χ0v) is 10.8. The molecule has 4 heteroatoms. The lowest BCUT2D eigenvalue weighted by Crippen LogP contribution is -2.02. The monoisotopic (exact) mass is 260 g/mol. The van der Waals surface area contributed by atoms with E-state index in [1.54, 1.807) is 0 Å². The molecule has 92 valence electrons. The summed E-state index contributed by atoms with van der Waals surface area (Å²) in [6.45, 7) is 2.61. The van der Waals surface area contributed by atoms with Crippen molar-refractivity contribution < 1.29 is 4.42 Å². The predicted octanol–water partition coefficient (Wildman–Crippen LogP) is 3.72. The number of halogens is 1. The second-order valence-electron chi connectivity index (χ2n) is 4.25. The van der Waals surface area contributed by atoms with Gasteiger partial charge in [-0.05, 0) is 31.2 Å². The molecular formula is C14H13ClN2O. The lowest BCUT2D eigenvalue weighted by molar-refractivity contribution is 0.470. The van der Waals surface area contributed by atoms with E-state index in [-0.39, 0.29) is 0 Å².